The molecule has 0 N–H and O–H groups in total. The van der Waals surface area contributed by atoms with Crippen LogP contribution in [0.2, 0.25) is 5.02 Å². The van der Waals surface area contributed by atoms with Gasteiger partial charge in [0.05, 0.1) is 11.6 Å². The highest BCUT2D eigenvalue weighted by atomic mass is 35.5. The number of benzene rings is 1. The van der Waals surface area contributed by atoms with Gasteiger partial charge in [-0.3, -0.25) is 14.5 Å². The molecule has 9 nitrogen and oxygen atoms in total. The maximum absolute atomic E-state index is 15.2. The van der Waals surface area contributed by atoms with E-state index in [1.807, 2.05) is 0 Å². The molecule has 4 aliphatic heterocycles. The van der Waals surface area contributed by atoms with Gasteiger partial charge in [0.25, 0.3) is 5.91 Å². The van der Waals surface area contributed by atoms with Gasteiger partial charge in [0, 0.05) is 63.9 Å². The van der Waals surface area contributed by atoms with Crippen molar-refractivity contribution in [2.24, 2.45) is 0 Å². The number of aromatic nitrogens is 1. The molecule has 5 heterocycles. The molecule has 3 fully saturated rings. The van der Waals surface area contributed by atoms with Crippen LogP contribution in [0.25, 0.3) is 11.3 Å². The van der Waals surface area contributed by atoms with Crippen LogP contribution in [0.1, 0.15) is 30.6 Å². The fourth-order valence-electron chi connectivity index (χ4n) is 6.87. The lowest BCUT2D eigenvalue weighted by molar-refractivity contribution is -0.128. The van der Waals surface area contributed by atoms with Gasteiger partial charge >= 0.3 is 0 Å². The van der Waals surface area contributed by atoms with Crippen molar-refractivity contribution in [3.05, 3.63) is 53.1 Å². The van der Waals surface area contributed by atoms with E-state index in [1.54, 1.807) is 9.80 Å². The first-order chi connectivity index (χ1) is 20.5. The number of likely N-dealkylation sites (N-methyl/N-ethyl adjacent to an activating group) is 1. The summed E-state index contributed by atoms with van der Waals surface area (Å²) < 4.78 is 36.6. The lowest BCUT2D eigenvalue weighted by Crippen LogP contribution is -2.57. The molecule has 1 aromatic carbocycles. The van der Waals surface area contributed by atoms with E-state index in [0.717, 1.165) is 44.7 Å². The van der Waals surface area contributed by atoms with E-state index in [4.69, 9.17) is 21.3 Å². The lowest BCUT2D eigenvalue weighted by atomic mass is 9.98. The smallest absolute Gasteiger partial charge is 0.261 e. The summed E-state index contributed by atoms with van der Waals surface area (Å²) in [7, 11) is 2.12. The Morgan fingerprint density at radius 3 is 2.44 bits per heavy atom. The largest absolute Gasteiger partial charge is 0.489 e. The first kappa shape index (κ1) is 29.8. The SMILES string of the molecule is C=CC(=O)N1CCN2C(=O)c3c(N4CC(N5CCN(C)CC5)CC4(C)C)nc(-c4c(F)cccc4F)c(Cl)c3OCC2C1. The third-order valence-electron chi connectivity index (χ3n) is 9.31. The average Bonchev–Trinajstić information content (AvgIpc) is 3.22. The molecule has 2 unspecified atom stereocenters. The van der Waals surface area contributed by atoms with Crippen LogP contribution < -0.4 is 9.64 Å². The standard InChI is InChI=1S/C31H37ClF2N6O3/c1-5-23(41)38-13-14-39-20(16-38)18-43-28-25(30(39)42)29(35-27(26(28)32)24-21(33)7-6-8-22(24)34)40-17-19(15-31(40,2)3)37-11-9-36(4)10-12-37/h5-8,19-20H,1,9-18H2,2-4H3. The van der Waals surface area contributed by atoms with Crippen LogP contribution in [0.5, 0.6) is 5.75 Å². The predicted molar refractivity (Wildman–Crippen MR) is 161 cm³/mol. The number of carbonyl (C=O) groups excluding carboxylic acids is 2. The van der Waals surface area contributed by atoms with Crippen LogP contribution in [0.15, 0.2) is 30.9 Å². The highest BCUT2D eigenvalue weighted by Gasteiger charge is 2.47. The Morgan fingerprint density at radius 1 is 1.07 bits per heavy atom. The van der Waals surface area contributed by atoms with E-state index >= 15 is 8.78 Å². The van der Waals surface area contributed by atoms with Crippen molar-refractivity contribution in [1.29, 1.82) is 0 Å². The molecule has 2 atom stereocenters. The number of ether oxygens (including phenoxy) is 1. The van der Waals surface area contributed by atoms with Gasteiger partial charge in [-0.2, -0.15) is 0 Å². The molecule has 4 aliphatic rings. The molecule has 12 heteroatoms. The fourth-order valence-corrected chi connectivity index (χ4v) is 7.16. The van der Waals surface area contributed by atoms with E-state index in [-0.39, 0.29) is 58.6 Å². The van der Waals surface area contributed by atoms with Crippen molar-refractivity contribution in [1.82, 2.24) is 24.6 Å². The van der Waals surface area contributed by atoms with Gasteiger partial charge in [-0.25, -0.2) is 13.8 Å². The number of halogens is 3. The van der Waals surface area contributed by atoms with Gasteiger partial charge in [0.2, 0.25) is 5.91 Å². The van der Waals surface area contributed by atoms with Crippen LogP contribution in [0.4, 0.5) is 14.6 Å². The Morgan fingerprint density at radius 2 is 1.77 bits per heavy atom. The van der Waals surface area contributed by atoms with E-state index in [9.17, 15) is 9.59 Å². The van der Waals surface area contributed by atoms with Crippen molar-refractivity contribution in [2.45, 2.75) is 37.9 Å². The maximum atomic E-state index is 15.2. The van der Waals surface area contributed by atoms with Crippen molar-refractivity contribution in [2.75, 3.05) is 70.9 Å². The number of nitrogens with zero attached hydrogens (tertiary/aromatic N) is 6. The van der Waals surface area contributed by atoms with Crippen LogP contribution in [-0.4, -0.2) is 120 Å². The second-order valence-electron chi connectivity index (χ2n) is 12.5. The van der Waals surface area contributed by atoms with Crippen LogP contribution in [0, 0.1) is 11.6 Å². The van der Waals surface area contributed by atoms with E-state index in [0.29, 0.717) is 25.5 Å². The van der Waals surface area contributed by atoms with Gasteiger partial charge in [0.1, 0.15) is 40.3 Å². The molecule has 0 aliphatic carbocycles. The normalized spacial score (nSPS) is 24.3. The molecule has 2 aromatic rings. The summed E-state index contributed by atoms with van der Waals surface area (Å²) in [6, 6.07) is 3.35. The number of hydrogen-bond donors (Lipinski definition) is 0. The molecule has 43 heavy (non-hydrogen) atoms. The second kappa shape index (κ2) is 11.3. The predicted octanol–water partition coefficient (Wildman–Crippen LogP) is 3.52. The minimum Gasteiger partial charge on any atom is -0.489 e. The number of anilines is 1. The Labute approximate surface area is 255 Å². The van der Waals surface area contributed by atoms with Gasteiger partial charge in [0.15, 0.2) is 5.75 Å². The third-order valence-corrected chi connectivity index (χ3v) is 9.66. The van der Waals surface area contributed by atoms with Crippen LogP contribution in [-0.2, 0) is 4.79 Å². The molecule has 6 rings (SSSR count). The van der Waals surface area contributed by atoms with Crippen LogP contribution in [0.3, 0.4) is 0 Å². The van der Waals surface area contributed by atoms with Gasteiger partial charge in [-0.05, 0) is 45.5 Å². The quantitative estimate of drug-likeness (QED) is 0.488. The molecular formula is C31H37ClF2N6O3. The molecular weight excluding hydrogens is 578 g/mol. The Kier molecular flexibility index (Phi) is 7.85. The molecule has 0 bridgehead atoms. The zero-order chi connectivity index (χ0) is 30.6. The number of amides is 2. The van der Waals surface area contributed by atoms with E-state index < -0.39 is 23.2 Å². The first-order valence-corrected chi connectivity index (χ1v) is 15.1. The number of rotatable bonds is 4. The maximum Gasteiger partial charge on any atom is 0.261 e. The number of pyridine rings is 1. The molecule has 0 saturated carbocycles. The summed E-state index contributed by atoms with van der Waals surface area (Å²) in [6.07, 6.45) is 2.07. The minimum absolute atomic E-state index is 0.0509. The third kappa shape index (κ3) is 5.25. The second-order valence-corrected chi connectivity index (χ2v) is 12.8. The topological polar surface area (TPSA) is 72.5 Å². The minimum atomic E-state index is -0.813. The highest BCUT2D eigenvalue weighted by Crippen LogP contribution is 2.47. The summed E-state index contributed by atoms with van der Waals surface area (Å²) in [5.74, 6) is -1.81. The van der Waals surface area contributed by atoms with Gasteiger partial charge < -0.3 is 24.3 Å². The molecule has 0 radical (unpaired) electrons. The van der Waals surface area contributed by atoms with Gasteiger partial charge in [-0.15, -0.1) is 0 Å². The summed E-state index contributed by atoms with van der Waals surface area (Å²) >= 11 is 6.86. The molecule has 1 aromatic heterocycles. The van der Waals surface area contributed by atoms with Crippen LogP contribution >= 0.6 is 11.6 Å². The van der Waals surface area contributed by atoms with E-state index in [1.165, 1.54) is 12.1 Å². The Bertz CT molecular complexity index is 1440. The van der Waals surface area contributed by atoms with Gasteiger partial charge in [-0.1, -0.05) is 24.2 Å². The van der Waals surface area contributed by atoms with Crippen molar-refractivity contribution in [3.8, 4) is 17.0 Å². The average molecular weight is 615 g/mol. The fraction of sp³-hybridized carbons (Fsp3) is 0.516. The number of fused-ring (bicyclic) bond motifs is 2. The number of hydrogen-bond acceptors (Lipinski definition) is 7. The number of piperazine rings is 2. The van der Waals surface area contributed by atoms with Crippen molar-refractivity contribution >= 4 is 29.2 Å². The first-order valence-electron chi connectivity index (χ1n) is 14.7. The van der Waals surface area contributed by atoms with E-state index in [2.05, 4.69) is 42.2 Å². The highest BCUT2D eigenvalue weighted by molar-refractivity contribution is 6.35. The lowest BCUT2D eigenvalue weighted by Gasteiger charge is -2.40. The summed E-state index contributed by atoms with van der Waals surface area (Å²) in [5.41, 5.74) is -0.733. The van der Waals surface area contributed by atoms with Crippen molar-refractivity contribution < 1.29 is 23.1 Å². The zero-order valence-electron chi connectivity index (χ0n) is 24.8. The molecule has 230 valence electrons. The molecule has 0 spiro atoms. The monoisotopic (exact) mass is 614 g/mol. The summed E-state index contributed by atoms with van der Waals surface area (Å²) in [6.45, 7) is 13.1. The molecule has 3 saturated heterocycles. The molecule has 2 amide bonds. The zero-order valence-corrected chi connectivity index (χ0v) is 25.5. The Hall–Kier alpha value is -3.28. The number of carbonyl (C=O) groups is 2. The Balaban J connectivity index is 1.47. The summed E-state index contributed by atoms with van der Waals surface area (Å²) in [4.78, 5) is 41.8. The summed E-state index contributed by atoms with van der Waals surface area (Å²) in [5, 5.41) is -0.123. The van der Waals surface area contributed by atoms with Crippen molar-refractivity contribution in [3.63, 3.8) is 0 Å².